The van der Waals surface area contributed by atoms with Crippen LogP contribution in [0.1, 0.15) is 10.5 Å². The van der Waals surface area contributed by atoms with Crippen molar-refractivity contribution < 1.29 is 23.8 Å². The first kappa shape index (κ1) is 26.5. The van der Waals surface area contributed by atoms with Crippen LogP contribution in [-0.4, -0.2) is 52.4 Å². The van der Waals surface area contributed by atoms with Crippen molar-refractivity contribution in [1.29, 1.82) is 0 Å². The van der Waals surface area contributed by atoms with E-state index in [1.807, 2.05) is 0 Å². The van der Waals surface area contributed by atoms with Gasteiger partial charge in [0.25, 0.3) is 0 Å². The molecule has 3 aromatic heterocycles. The van der Waals surface area contributed by atoms with Crippen molar-refractivity contribution in [3.8, 4) is 28.1 Å². The van der Waals surface area contributed by atoms with Crippen molar-refractivity contribution in [1.82, 2.24) is 19.5 Å². The average Bonchev–Trinajstić information content (AvgIpc) is 3.21. The summed E-state index contributed by atoms with van der Waals surface area (Å²) in [4.78, 5) is 24.2. The summed E-state index contributed by atoms with van der Waals surface area (Å²) in [7, 11) is 0.219. The topological polar surface area (TPSA) is 125 Å². The number of anilines is 1. The summed E-state index contributed by atoms with van der Waals surface area (Å²) in [5.74, 6) is -1.53. The summed E-state index contributed by atoms with van der Waals surface area (Å²) >= 11 is 6.90. The number of pyridine rings is 1. The van der Waals surface area contributed by atoms with Gasteiger partial charge in [-0.25, -0.2) is 24.1 Å². The summed E-state index contributed by atoms with van der Waals surface area (Å²) in [6, 6.07) is 5.20. The van der Waals surface area contributed by atoms with Crippen LogP contribution in [0.5, 0.6) is 5.75 Å². The Morgan fingerprint density at radius 2 is 1.95 bits per heavy atom. The third-order valence-corrected chi connectivity index (χ3v) is 7.88. The van der Waals surface area contributed by atoms with Crippen LogP contribution in [0.2, 0.25) is 30.7 Å². The van der Waals surface area contributed by atoms with Crippen molar-refractivity contribution in [2.75, 3.05) is 19.5 Å². The lowest BCUT2D eigenvalue weighted by molar-refractivity contribution is 0.0691. The highest BCUT2D eigenvalue weighted by Gasteiger charge is 2.23. The molecule has 0 atom stereocenters. The van der Waals surface area contributed by atoms with Gasteiger partial charge in [-0.15, -0.1) is 0 Å². The Labute approximate surface area is 219 Å². The Kier molecular flexibility index (Phi) is 7.48. The van der Waals surface area contributed by atoms with E-state index in [9.17, 15) is 14.3 Å². The number of fused-ring (bicyclic) bond motifs is 1. The monoisotopic (exact) mass is 543 g/mol. The second-order valence-electron chi connectivity index (χ2n) is 9.68. The van der Waals surface area contributed by atoms with E-state index in [0.29, 0.717) is 40.1 Å². The Hall–Kier alpha value is -3.54. The van der Waals surface area contributed by atoms with Crippen molar-refractivity contribution in [2.45, 2.75) is 32.4 Å². The number of hydrogen-bond acceptors (Lipinski definition) is 7. The molecule has 0 unspecified atom stereocenters. The number of hydrogen-bond donors (Lipinski definition) is 2. The van der Waals surface area contributed by atoms with Crippen molar-refractivity contribution in [2.24, 2.45) is 0 Å². The molecule has 4 aromatic rings. The molecule has 0 saturated carbocycles. The van der Waals surface area contributed by atoms with Gasteiger partial charge >= 0.3 is 5.97 Å². The predicted octanol–water partition coefficient (Wildman–Crippen LogP) is 5.55. The lowest BCUT2D eigenvalue weighted by Gasteiger charge is -2.15. The number of ether oxygens (including phenoxy) is 2. The van der Waals surface area contributed by atoms with Crippen molar-refractivity contribution in [3.63, 3.8) is 0 Å². The number of halogens is 2. The number of aromatic nitrogens is 4. The van der Waals surface area contributed by atoms with E-state index >= 15 is 0 Å². The molecule has 0 amide bonds. The fourth-order valence-corrected chi connectivity index (χ4v) is 4.91. The molecule has 1 aromatic carbocycles. The molecule has 3 heterocycles. The van der Waals surface area contributed by atoms with E-state index in [2.05, 4.69) is 34.6 Å². The highest BCUT2D eigenvalue weighted by atomic mass is 35.5. The maximum atomic E-state index is 14.3. The first-order chi connectivity index (χ1) is 17.5. The Morgan fingerprint density at radius 3 is 2.62 bits per heavy atom. The van der Waals surface area contributed by atoms with E-state index < -0.39 is 25.6 Å². The molecule has 0 aliphatic heterocycles. The zero-order chi connectivity index (χ0) is 26.9. The van der Waals surface area contributed by atoms with Gasteiger partial charge in [-0.05, 0) is 24.2 Å². The number of carboxylic acid groups (broad SMARTS) is 1. The van der Waals surface area contributed by atoms with Gasteiger partial charge in [0, 0.05) is 49.2 Å². The number of aromatic carboxylic acids is 1. The third kappa shape index (κ3) is 5.58. The molecule has 0 spiro atoms. The Bertz CT molecular complexity index is 1490. The van der Waals surface area contributed by atoms with Crippen molar-refractivity contribution >= 4 is 42.5 Å². The van der Waals surface area contributed by atoms with Crippen LogP contribution in [0.15, 0.2) is 36.8 Å². The minimum atomic E-state index is -1.32. The molecule has 194 valence electrons. The predicted molar refractivity (Wildman–Crippen MR) is 143 cm³/mol. The average molecular weight is 544 g/mol. The van der Waals surface area contributed by atoms with Crippen LogP contribution in [0.3, 0.4) is 0 Å². The van der Waals surface area contributed by atoms with Crippen LogP contribution >= 0.6 is 11.6 Å². The standard InChI is InChI=1S/C25H27ClFN5O4Si/c1-35-19-6-5-14(27)9-15(19)17-12-32(13-36-7-8-37(2,3)4)24-20(17)21(26)16(10-30-24)18-11-29-23(28)22(31-18)25(33)34/h5-6,9-12H,7-8,13H2,1-4H3,(H2,28,29)(H,33,34). The highest BCUT2D eigenvalue weighted by molar-refractivity contribution is 6.76. The van der Waals surface area contributed by atoms with E-state index in [4.69, 9.17) is 26.8 Å². The Balaban J connectivity index is 1.89. The molecule has 0 fully saturated rings. The van der Waals surface area contributed by atoms with E-state index in [-0.39, 0.29) is 23.3 Å². The van der Waals surface area contributed by atoms with Crippen LogP contribution < -0.4 is 10.5 Å². The van der Waals surface area contributed by atoms with Gasteiger partial charge in [-0.2, -0.15) is 0 Å². The molecule has 9 nitrogen and oxygen atoms in total. The molecule has 12 heteroatoms. The molecule has 0 aliphatic carbocycles. The summed E-state index contributed by atoms with van der Waals surface area (Å²) in [5, 5.41) is 10.2. The highest BCUT2D eigenvalue weighted by Crippen LogP contribution is 2.42. The fourth-order valence-electron chi connectivity index (χ4n) is 3.82. The summed E-state index contributed by atoms with van der Waals surface area (Å²) < 4.78 is 27.6. The van der Waals surface area contributed by atoms with Gasteiger partial charge in [-0.1, -0.05) is 31.2 Å². The van der Waals surface area contributed by atoms with Gasteiger partial charge in [0.2, 0.25) is 0 Å². The van der Waals surface area contributed by atoms with Gasteiger partial charge in [0.05, 0.1) is 24.0 Å². The SMILES string of the molecule is COc1ccc(F)cc1-c1cn(COCC[Si](C)(C)C)c2ncc(-c3cnc(N)c(C(=O)O)n3)c(Cl)c12. The molecule has 0 radical (unpaired) electrons. The minimum Gasteiger partial charge on any atom is -0.496 e. The summed E-state index contributed by atoms with van der Waals surface area (Å²) in [5.41, 5.74) is 7.35. The molecule has 4 rings (SSSR count). The largest absolute Gasteiger partial charge is 0.496 e. The quantitative estimate of drug-likeness (QED) is 0.208. The number of rotatable bonds is 9. The smallest absolute Gasteiger partial charge is 0.358 e. The normalized spacial score (nSPS) is 11.7. The lowest BCUT2D eigenvalue weighted by atomic mass is 10.0. The minimum absolute atomic E-state index is 0.183. The number of nitrogen functional groups attached to an aromatic ring is 1. The van der Waals surface area contributed by atoms with E-state index in [1.54, 1.807) is 10.8 Å². The molecule has 0 saturated heterocycles. The third-order valence-electron chi connectivity index (χ3n) is 5.78. The van der Waals surface area contributed by atoms with Crippen LogP contribution in [0.4, 0.5) is 10.2 Å². The molecular weight excluding hydrogens is 517 g/mol. The van der Waals surface area contributed by atoms with Gasteiger partial charge < -0.3 is 24.9 Å². The molecule has 0 aliphatic rings. The number of methoxy groups -OCH3 is 1. The molecular formula is C25H27ClFN5O4Si. The Morgan fingerprint density at radius 1 is 1.19 bits per heavy atom. The lowest BCUT2D eigenvalue weighted by Crippen LogP contribution is -2.22. The number of nitrogens with zero attached hydrogens (tertiary/aromatic N) is 4. The summed E-state index contributed by atoms with van der Waals surface area (Å²) in [6.45, 7) is 7.63. The number of benzene rings is 1. The molecule has 37 heavy (non-hydrogen) atoms. The van der Waals surface area contributed by atoms with Gasteiger partial charge in [0.15, 0.2) is 11.5 Å². The first-order valence-electron chi connectivity index (χ1n) is 11.5. The van der Waals surface area contributed by atoms with Gasteiger partial charge in [0.1, 0.15) is 23.9 Å². The van der Waals surface area contributed by atoms with Gasteiger partial charge in [-0.3, -0.25) is 0 Å². The number of nitrogens with two attached hydrogens (primary N) is 1. The zero-order valence-electron chi connectivity index (χ0n) is 20.9. The van der Waals surface area contributed by atoms with Crippen molar-refractivity contribution in [3.05, 3.63) is 53.3 Å². The molecule has 3 N–H and O–H groups in total. The maximum Gasteiger partial charge on any atom is 0.358 e. The second kappa shape index (κ2) is 10.4. The summed E-state index contributed by atoms with van der Waals surface area (Å²) in [6.07, 6.45) is 4.60. The number of carboxylic acids is 1. The van der Waals surface area contributed by atoms with Crippen LogP contribution in [-0.2, 0) is 11.5 Å². The fraction of sp³-hybridized carbons (Fsp3) is 0.280. The van der Waals surface area contributed by atoms with E-state index in [0.717, 1.165) is 6.04 Å². The second-order valence-corrected chi connectivity index (χ2v) is 15.7. The van der Waals surface area contributed by atoms with E-state index in [1.165, 1.54) is 37.7 Å². The van der Waals surface area contributed by atoms with Crippen LogP contribution in [0, 0.1) is 5.82 Å². The zero-order valence-corrected chi connectivity index (χ0v) is 22.6. The maximum absolute atomic E-state index is 14.3. The molecule has 0 bridgehead atoms. The number of carbonyl (C=O) groups is 1. The van der Waals surface area contributed by atoms with Crippen LogP contribution in [0.25, 0.3) is 33.4 Å². The first-order valence-corrected chi connectivity index (χ1v) is 15.5.